The Morgan fingerprint density at radius 1 is 0.926 bits per heavy atom. The molecular weight excluding hydrogens is 338 g/mol. The molecule has 0 bridgehead atoms. The molecule has 0 N–H and O–H groups in total. The summed E-state index contributed by atoms with van der Waals surface area (Å²) in [5.41, 5.74) is 4.07. The highest BCUT2D eigenvalue weighted by molar-refractivity contribution is 6.22. The maximum absolute atomic E-state index is 12.8. The zero-order valence-electron chi connectivity index (χ0n) is 15.9. The van der Waals surface area contributed by atoms with Gasteiger partial charge in [0.05, 0.1) is 17.5 Å². The lowest BCUT2D eigenvalue weighted by Crippen LogP contribution is -2.30. The Labute approximate surface area is 159 Å². The first-order chi connectivity index (χ1) is 13.0. The van der Waals surface area contributed by atoms with Gasteiger partial charge in [-0.05, 0) is 75.1 Å². The zero-order valence-corrected chi connectivity index (χ0v) is 15.9. The van der Waals surface area contributed by atoms with E-state index in [1.165, 1.54) is 16.0 Å². The van der Waals surface area contributed by atoms with Crippen LogP contribution in [0.25, 0.3) is 0 Å². The molecule has 4 heteroatoms. The molecule has 1 aliphatic carbocycles. The molecule has 0 saturated carbocycles. The number of hydrogen-bond acceptors (Lipinski definition) is 3. The van der Waals surface area contributed by atoms with E-state index in [1.54, 1.807) is 12.1 Å². The van der Waals surface area contributed by atoms with Gasteiger partial charge in [-0.25, -0.2) is 0 Å². The maximum atomic E-state index is 12.8. The number of rotatable bonds is 3. The van der Waals surface area contributed by atoms with E-state index in [2.05, 4.69) is 6.08 Å². The molecule has 2 amide bonds. The van der Waals surface area contributed by atoms with E-state index in [1.807, 2.05) is 51.1 Å². The van der Waals surface area contributed by atoms with Gasteiger partial charge in [0.1, 0.15) is 11.5 Å². The van der Waals surface area contributed by atoms with Gasteiger partial charge in [0, 0.05) is 0 Å². The van der Waals surface area contributed by atoms with E-state index < -0.39 is 0 Å². The Hall–Kier alpha value is -2.88. The van der Waals surface area contributed by atoms with Gasteiger partial charge in [-0.3, -0.25) is 14.5 Å². The number of carbonyl (C=O) groups excluding carboxylic acids is 2. The summed E-state index contributed by atoms with van der Waals surface area (Å²) in [6.07, 6.45) is 3.42. The number of anilines is 1. The van der Waals surface area contributed by atoms with Crippen molar-refractivity contribution in [3.63, 3.8) is 0 Å². The number of amides is 2. The largest absolute Gasteiger partial charge is 0.457 e. The highest BCUT2D eigenvalue weighted by atomic mass is 16.5. The highest BCUT2D eigenvalue weighted by Crippen LogP contribution is 2.40. The van der Waals surface area contributed by atoms with Gasteiger partial charge in [0.2, 0.25) is 11.8 Å². The number of aryl methyl sites for hydroxylation is 1. The van der Waals surface area contributed by atoms with E-state index in [0.29, 0.717) is 24.3 Å². The van der Waals surface area contributed by atoms with Crippen LogP contribution in [0.3, 0.4) is 0 Å². The number of allylic oxidation sites excluding steroid dienone is 2. The summed E-state index contributed by atoms with van der Waals surface area (Å²) < 4.78 is 5.97. The van der Waals surface area contributed by atoms with Crippen LogP contribution in [0.5, 0.6) is 11.5 Å². The molecule has 1 saturated heterocycles. The molecule has 0 radical (unpaired) electrons. The maximum Gasteiger partial charge on any atom is 0.238 e. The molecule has 27 heavy (non-hydrogen) atoms. The Morgan fingerprint density at radius 3 is 2.37 bits per heavy atom. The Kier molecular flexibility index (Phi) is 4.34. The number of fused-ring (bicyclic) bond motifs is 1. The third kappa shape index (κ3) is 3.05. The van der Waals surface area contributed by atoms with Crippen LogP contribution in [0.4, 0.5) is 5.69 Å². The van der Waals surface area contributed by atoms with Crippen molar-refractivity contribution in [2.75, 3.05) is 4.90 Å². The summed E-state index contributed by atoms with van der Waals surface area (Å²) in [7, 11) is 0. The molecule has 1 fully saturated rings. The Balaban J connectivity index is 1.55. The van der Waals surface area contributed by atoms with Crippen LogP contribution in [0.15, 0.2) is 54.1 Å². The first kappa shape index (κ1) is 17.5. The van der Waals surface area contributed by atoms with Gasteiger partial charge in [-0.2, -0.15) is 0 Å². The smallest absolute Gasteiger partial charge is 0.238 e. The van der Waals surface area contributed by atoms with Crippen LogP contribution >= 0.6 is 0 Å². The highest BCUT2D eigenvalue weighted by Gasteiger charge is 2.48. The van der Waals surface area contributed by atoms with Crippen LogP contribution < -0.4 is 9.64 Å². The normalized spacial score (nSPS) is 21.9. The van der Waals surface area contributed by atoms with Crippen molar-refractivity contribution < 1.29 is 14.3 Å². The molecule has 0 unspecified atom stereocenters. The number of ether oxygens (including phenoxy) is 1. The minimum Gasteiger partial charge on any atom is -0.457 e. The third-order valence-corrected chi connectivity index (χ3v) is 5.70. The van der Waals surface area contributed by atoms with Crippen molar-refractivity contribution in [2.24, 2.45) is 11.8 Å². The molecule has 1 aliphatic heterocycles. The molecule has 4 rings (SSSR count). The second-order valence-electron chi connectivity index (χ2n) is 7.51. The van der Waals surface area contributed by atoms with Crippen molar-refractivity contribution >= 4 is 17.5 Å². The van der Waals surface area contributed by atoms with Gasteiger partial charge in [-0.1, -0.05) is 23.8 Å². The van der Waals surface area contributed by atoms with Crippen LogP contribution in [-0.4, -0.2) is 11.8 Å². The Morgan fingerprint density at radius 2 is 1.63 bits per heavy atom. The van der Waals surface area contributed by atoms with Crippen molar-refractivity contribution in [3.05, 3.63) is 65.2 Å². The average Bonchev–Trinajstić information content (AvgIpc) is 2.90. The van der Waals surface area contributed by atoms with Gasteiger partial charge in [0.15, 0.2) is 0 Å². The van der Waals surface area contributed by atoms with Crippen LogP contribution in [0, 0.1) is 25.7 Å². The molecule has 0 aromatic heterocycles. The third-order valence-electron chi connectivity index (χ3n) is 5.70. The molecule has 138 valence electrons. The summed E-state index contributed by atoms with van der Waals surface area (Å²) in [4.78, 5) is 26.9. The predicted octanol–water partition coefficient (Wildman–Crippen LogP) is 4.94. The van der Waals surface area contributed by atoms with Gasteiger partial charge < -0.3 is 4.74 Å². The van der Waals surface area contributed by atoms with E-state index in [0.717, 1.165) is 11.3 Å². The average molecular weight is 361 g/mol. The summed E-state index contributed by atoms with van der Waals surface area (Å²) in [6.45, 7) is 6.10. The van der Waals surface area contributed by atoms with Crippen LogP contribution in [0.1, 0.15) is 30.9 Å². The van der Waals surface area contributed by atoms with Crippen molar-refractivity contribution in [1.29, 1.82) is 0 Å². The lowest BCUT2D eigenvalue weighted by molar-refractivity contribution is -0.122. The summed E-state index contributed by atoms with van der Waals surface area (Å²) in [6, 6.07) is 13.1. The lowest BCUT2D eigenvalue weighted by Gasteiger charge is -2.18. The zero-order chi connectivity index (χ0) is 19.1. The monoisotopic (exact) mass is 361 g/mol. The predicted molar refractivity (Wildman–Crippen MR) is 105 cm³/mol. The SMILES string of the molecule is CC1=CC[C@@H]2C(=O)N(c3ccc(Oc4cccc(C)c4C)cc3)C(=O)[C@H]2C1. The van der Waals surface area contributed by atoms with E-state index in [-0.39, 0.29) is 23.7 Å². The van der Waals surface area contributed by atoms with E-state index in [4.69, 9.17) is 4.74 Å². The van der Waals surface area contributed by atoms with Gasteiger partial charge in [0.25, 0.3) is 0 Å². The van der Waals surface area contributed by atoms with Crippen LogP contribution in [-0.2, 0) is 9.59 Å². The molecule has 2 aliphatic rings. The van der Waals surface area contributed by atoms with Crippen molar-refractivity contribution in [3.8, 4) is 11.5 Å². The molecule has 2 aromatic carbocycles. The minimum absolute atomic E-state index is 0.0827. The fourth-order valence-corrected chi connectivity index (χ4v) is 3.92. The second kappa shape index (κ2) is 6.69. The number of carbonyl (C=O) groups is 2. The standard InChI is InChI=1S/C23H23NO3/c1-14-7-12-19-20(13-14)23(26)24(22(19)25)17-8-10-18(11-9-17)27-21-6-4-5-15(2)16(21)3/h4-11,19-20H,12-13H2,1-3H3/t19-,20-/m0/s1. The van der Waals surface area contributed by atoms with Gasteiger partial charge in [-0.15, -0.1) is 0 Å². The summed E-state index contributed by atoms with van der Waals surface area (Å²) in [5, 5.41) is 0. The first-order valence-electron chi connectivity index (χ1n) is 9.33. The molecular formula is C23H23NO3. The molecule has 2 atom stereocenters. The number of hydrogen-bond donors (Lipinski definition) is 0. The number of nitrogens with zero attached hydrogens (tertiary/aromatic N) is 1. The fraction of sp³-hybridized carbons (Fsp3) is 0.304. The van der Waals surface area contributed by atoms with E-state index >= 15 is 0 Å². The Bertz CT molecular complexity index is 943. The lowest BCUT2D eigenvalue weighted by atomic mass is 9.82. The molecule has 0 spiro atoms. The second-order valence-corrected chi connectivity index (χ2v) is 7.51. The molecule has 2 aromatic rings. The van der Waals surface area contributed by atoms with E-state index in [9.17, 15) is 9.59 Å². The van der Waals surface area contributed by atoms with Crippen molar-refractivity contribution in [1.82, 2.24) is 0 Å². The summed E-state index contributed by atoms with van der Waals surface area (Å²) in [5.74, 6) is 0.892. The molecule has 4 nitrogen and oxygen atoms in total. The topological polar surface area (TPSA) is 46.6 Å². The van der Waals surface area contributed by atoms with Crippen molar-refractivity contribution in [2.45, 2.75) is 33.6 Å². The van der Waals surface area contributed by atoms with Crippen LogP contribution in [0.2, 0.25) is 0 Å². The summed E-state index contributed by atoms with van der Waals surface area (Å²) >= 11 is 0. The van der Waals surface area contributed by atoms with Gasteiger partial charge >= 0.3 is 0 Å². The first-order valence-corrected chi connectivity index (χ1v) is 9.33. The number of imide groups is 1. The number of benzene rings is 2. The molecule has 1 heterocycles. The quantitative estimate of drug-likeness (QED) is 0.574. The fourth-order valence-electron chi connectivity index (χ4n) is 3.92. The minimum atomic E-state index is -0.216.